The van der Waals surface area contributed by atoms with Gasteiger partial charge in [-0.2, -0.15) is 0 Å². The summed E-state index contributed by atoms with van der Waals surface area (Å²) in [6.45, 7) is 3.82. The van der Waals surface area contributed by atoms with E-state index in [-0.39, 0.29) is 30.6 Å². The van der Waals surface area contributed by atoms with Gasteiger partial charge in [-0.05, 0) is 49.1 Å². The second kappa shape index (κ2) is 10.2. The van der Waals surface area contributed by atoms with E-state index in [1.54, 1.807) is 19.1 Å². The molecule has 1 atom stereocenters. The van der Waals surface area contributed by atoms with Gasteiger partial charge in [0.2, 0.25) is 0 Å². The number of urea groups is 1. The molecule has 1 saturated heterocycles. The quantitative estimate of drug-likeness (QED) is 0.587. The number of aryl methyl sites for hydroxylation is 1. The van der Waals surface area contributed by atoms with Crippen LogP contribution in [-0.2, 0) is 0 Å². The molecule has 0 saturated carbocycles. The summed E-state index contributed by atoms with van der Waals surface area (Å²) in [5, 5.41) is 8.04. The third-order valence-corrected chi connectivity index (χ3v) is 5.24. The average Bonchev–Trinajstić information content (AvgIpc) is 3.22. The number of rotatable bonds is 7. The highest BCUT2D eigenvalue weighted by Crippen LogP contribution is 2.24. The fraction of sp³-hybridized carbons (Fsp3) is 0.364. The van der Waals surface area contributed by atoms with Gasteiger partial charge in [0.05, 0.1) is 0 Å². The molecule has 1 aliphatic rings. The van der Waals surface area contributed by atoms with E-state index in [1.165, 1.54) is 18.2 Å². The molecule has 0 aliphatic carbocycles. The zero-order chi connectivity index (χ0) is 22.4. The monoisotopic (exact) mass is 434 g/mol. The second-order valence-electron chi connectivity index (χ2n) is 7.56. The number of carbonyl (C=O) groups excluding carboxylic acids is 2. The van der Waals surface area contributed by atoms with Gasteiger partial charge in [0.1, 0.15) is 5.82 Å². The Kier molecular flexibility index (Phi) is 7.38. The van der Waals surface area contributed by atoms with Crippen LogP contribution in [0.15, 0.2) is 36.4 Å². The van der Waals surface area contributed by atoms with Crippen LogP contribution in [0.4, 0.5) is 23.7 Å². The zero-order valence-electron chi connectivity index (χ0n) is 17.2. The second-order valence-corrected chi connectivity index (χ2v) is 7.56. The molecule has 2 aromatic rings. The highest BCUT2D eigenvalue weighted by Gasteiger charge is 2.23. The maximum Gasteiger partial charge on any atom is 0.314 e. The highest BCUT2D eigenvalue weighted by atomic mass is 19.2. The molecule has 3 amide bonds. The summed E-state index contributed by atoms with van der Waals surface area (Å²) in [4.78, 5) is 25.9. The molecule has 0 bridgehead atoms. The molecule has 1 unspecified atom stereocenters. The van der Waals surface area contributed by atoms with E-state index in [0.29, 0.717) is 30.9 Å². The van der Waals surface area contributed by atoms with Gasteiger partial charge >= 0.3 is 6.03 Å². The van der Waals surface area contributed by atoms with Gasteiger partial charge in [0, 0.05) is 50.0 Å². The molecule has 2 aromatic carbocycles. The van der Waals surface area contributed by atoms with Gasteiger partial charge in [0.25, 0.3) is 5.91 Å². The van der Waals surface area contributed by atoms with Crippen molar-refractivity contribution in [1.29, 1.82) is 0 Å². The van der Waals surface area contributed by atoms with E-state index < -0.39 is 23.4 Å². The standard InChI is InChI=1S/C22H25F3N4O2/c1-14-2-3-16(10-19(14)24)21(30)26-7-8-27-22(31)28-12-15-6-9-29(13-15)17-4-5-18(23)20(25)11-17/h2-5,10-11,15H,6-9,12-13H2,1H3,(H,26,30)(H2,27,28,31). The Labute approximate surface area is 178 Å². The number of amides is 3. The lowest BCUT2D eigenvalue weighted by molar-refractivity contribution is 0.0953. The summed E-state index contributed by atoms with van der Waals surface area (Å²) in [7, 11) is 0. The van der Waals surface area contributed by atoms with Crippen molar-refractivity contribution < 1.29 is 22.8 Å². The van der Waals surface area contributed by atoms with Crippen LogP contribution in [0.3, 0.4) is 0 Å². The smallest absolute Gasteiger partial charge is 0.314 e. The molecule has 9 heteroatoms. The van der Waals surface area contributed by atoms with Crippen LogP contribution in [0.25, 0.3) is 0 Å². The number of carbonyl (C=O) groups is 2. The molecular formula is C22H25F3N4O2. The summed E-state index contributed by atoms with van der Waals surface area (Å²) in [6, 6.07) is 7.72. The first-order valence-electron chi connectivity index (χ1n) is 10.1. The molecule has 1 fully saturated rings. The van der Waals surface area contributed by atoms with E-state index in [0.717, 1.165) is 12.5 Å². The van der Waals surface area contributed by atoms with Crippen LogP contribution in [-0.4, -0.2) is 44.7 Å². The van der Waals surface area contributed by atoms with E-state index in [9.17, 15) is 22.8 Å². The summed E-state index contributed by atoms with van der Waals surface area (Å²) < 4.78 is 40.0. The van der Waals surface area contributed by atoms with Crippen LogP contribution in [0.2, 0.25) is 0 Å². The molecule has 0 radical (unpaired) electrons. The Morgan fingerprint density at radius 1 is 0.968 bits per heavy atom. The minimum Gasteiger partial charge on any atom is -0.371 e. The van der Waals surface area contributed by atoms with E-state index in [2.05, 4.69) is 16.0 Å². The predicted molar refractivity (Wildman–Crippen MR) is 112 cm³/mol. The zero-order valence-corrected chi connectivity index (χ0v) is 17.2. The third-order valence-electron chi connectivity index (χ3n) is 5.24. The molecule has 31 heavy (non-hydrogen) atoms. The summed E-state index contributed by atoms with van der Waals surface area (Å²) in [6.07, 6.45) is 0.822. The minimum atomic E-state index is -0.877. The number of halogens is 3. The normalized spacial score (nSPS) is 15.6. The van der Waals surface area contributed by atoms with E-state index in [1.807, 2.05) is 4.90 Å². The van der Waals surface area contributed by atoms with Gasteiger partial charge in [-0.1, -0.05) is 6.07 Å². The Morgan fingerprint density at radius 2 is 1.74 bits per heavy atom. The van der Waals surface area contributed by atoms with Crippen LogP contribution in [0, 0.1) is 30.3 Å². The Bertz CT molecular complexity index is 954. The first-order valence-corrected chi connectivity index (χ1v) is 10.1. The maximum atomic E-state index is 13.5. The van der Waals surface area contributed by atoms with Crippen LogP contribution >= 0.6 is 0 Å². The molecule has 0 aromatic heterocycles. The van der Waals surface area contributed by atoms with Crippen LogP contribution in [0.5, 0.6) is 0 Å². The summed E-state index contributed by atoms with van der Waals surface area (Å²) >= 11 is 0. The van der Waals surface area contributed by atoms with Crippen molar-refractivity contribution in [1.82, 2.24) is 16.0 Å². The maximum absolute atomic E-state index is 13.5. The van der Waals surface area contributed by atoms with Crippen molar-refractivity contribution in [2.75, 3.05) is 37.6 Å². The average molecular weight is 434 g/mol. The third kappa shape index (κ3) is 6.13. The van der Waals surface area contributed by atoms with Gasteiger partial charge in [-0.3, -0.25) is 4.79 Å². The largest absolute Gasteiger partial charge is 0.371 e. The molecular weight excluding hydrogens is 409 g/mol. The number of hydrogen-bond acceptors (Lipinski definition) is 3. The summed E-state index contributed by atoms with van der Waals surface area (Å²) in [5.74, 6) is -2.42. The molecule has 1 aliphatic heterocycles. The number of anilines is 1. The van der Waals surface area contributed by atoms with E-state index >= 15 is 0 Å². The molecule has 3 N–H and O–H groups in total. The SMILES string of the molecule is Cc1ccc(C(=O)NCCNC(=O)NCC2CCN(c3ccc(F)c(F)c3)C2)cc1F. The number of nitrogens with zero attached hydrogens (tertiary/aromatic N) is 1. The van der Waals surface area contributed by atoms with Gasteiger partial charge in [-0.25, -0.2) is 18.0 Å². The molecule has 1 heterocycles. The molecule has 6 nitrogen and oxygen atoms in total. The van der Waals surface area contributed by atoms with Gasteiger partial charge in [-0.15, -0.1) is 0 Å². The fourth-order valence-corrected chi connectivity index (χ4v) is 3.40. The lowest BCUT2D eigenvalue weighted by atomic mass is 10.1. The number of hydrogen-bond donors (Lipinski definition) is 3. The van der Waals surface area contributed by atoms with Gasteiger partial charge < -0.3 is 20.9 Å². The first kappa shape index (κ1) is 22.5. The van der Waals surface area contributed by atoms with E-state index in [4.69, 9.17) is 0 Å². The van der Waals surface area contributed by atoms with Crippen molar-refractivity contribution >= 4 is 17.6 Å². The Balaban J connectivity index is 1.33. The number of nitrogens with one attached hydrogen (secondary N) is 3. The van der Waals surface area contributed by atoms with Crippen molar-refractivity contribution in [3.8, 4) is 0 Å². The predicted octanol–water partition coefficient (Wildman–Crippen LogP) is 2.97. The Morgan fingerprint density at radius 3 is 2.48 bits per heavy atom. The highest BCUT2D eigenvalue weighted by molar-refractivity contribution is 5.94. The van der Waals surface area contributed by atoms with Gasteiger partial charge in [0.15, 0.2) is 11.6 Å². The van der Waals surface area contributed by atoms with Crippen LogP contribution in [0.1, 0.15) is 22.3 Å². The lowest BCUT2D eigenvalue weighted by Crippen LogP contribution is -2.42. The van der Waals surface area contributed by atoms with Crippen molar-refractivity contribution in [2.45, 2.75) is 13.3 Å². The lowest BCUT2D eigenvalue weighted by Gasteiger charge is -2.19. The van der Waals surface area contributed by atoms with Crippen molar-refractivity contribution in [3.63, 3.8) is 0 Å². The van der Waals surface area contributed by atoms with Crippen LogP contribution < -0.4 is 20.9 Å². The van der Waals surface area contributed by atoms with Crippen molar-refractivity contribution in [3.05, 3.63) is 65.0 Å². The van der Waals surface area contributed by atoms with Crippen molar-refractivity contribution in [2.24, 2.45) is 5.92 Å². The Hall–Kier alpha value is -3.23. The topological polar surface area (TPSA) is 73.5 Å². The fourth-order valence-electron chi connectivity index (χ4n) is 3.40. The minimum absolute atomic E-state index is 0.190. The molecule has 166 valence electrons. The molecule has 0 spiro atoms. The first-order chi connectivity index (χ1) is 14.8. The number of benzene rings is 2. The molecule has 3 rings (SSSR count). The summed E-state index contributed by atoms with van der Waals surface area (Å²) in [5.41, 5.74) is 1.31.